The summed E-state index contributed by atoms with van der Waals surface area (Å²) in [6, 6.07) is 7.65. The van der Waals surface area contributed by atoms with Gasteiger partial charge in [0.05, 0.1) is 51.7 Å². The SMILES string of the molecule is CCOC(=O)C1=C(C)N=c2s/c(=C\c3cc(Cl)cc(Cl)c3Cl)c(=O)n2[C@@H]1c1ccc(OC(C)C)c(OC)c1. The number of hydrogen-bond donors (Lipinski definition) is 0. The summed E-state index contributed by atoms with van der Waals surface area (Å²) >= 11 is 19.9. The molecule has 7 nitrogen and oxygen atoms in total. The monoisotopic (exact) mass is 594 g/mol. The van der Waals surface area contributed by atoms with Crippen LogP contribution >= 0.6 is 46.1 Å². The molecule has 1 aliphatic rings. The molecule has 1 atom stereocenters. The first-order chi connectivity index (χ1) is 18.0. The molecule has 1 aromatic heterocycles. The molecule has 0 spiro atoms. The Morgan fingerprint density at radius 2 is 1.92 bits per heavy atom. The summed E-state index contributed by atoms with van der Waals surface area (Å²) < 4.78 is 18.6. The molecule has 2 heterocycles. The van der Waals surface area contributed by atoms with Gasteiger partial charge in [0.1, 0.15) is 0 Å². The quantitative estimate of drug-likeness (QED) is 0.264. The van der Waals surface area contributed by atoms with Crippen LogP contribution in [0.5, 0.6) is 11.5 Å². The summed E-state index contributed by atoms with van der Waals surface area (Å²) in [7, 11) is 1.53. The van der Waals surface area contributed by atoms with Gasteiger partial charge in [0.25, 0.3) is 5.56 Å². The predicted molar refractivity (Wildman–Crippen MR) is 151 cm³/mol. The lowest BCUT2D eigenvalue weighted by Crippen LogP contribution is -2.40. The van der Waals surface area contributed by atoms with Crippen LogP contribution in [0.2, 0.25) is 15.1 Å². The van der Waals surface area contributed by atoms with Gasteiger partial charge in [-0.3, -0.25) is 9.36 Å². The third kappa shape index (κ3) is 5.50. The average Bonchev–Trinajstić information content (AvgIpc) is 3.15. The topological polar surface area (TPSA) is 79.1 Å². The number of aromatic nitrogens is 1. The van der Waals surface area contributed by atoms with Crippen LogP contribution in [0.4, 0.5) is 0 Å². The van der Waals surface area contributed by atoms with Gasteiger partial charge in [-0.15, -0.1) is 0 Å². The number of rotatable bonds is 7. The minimum Gasteiger partial charge on any atom is -0.493 e. The number of carbonyl (C=O) groups excluding carboxylic acids is 1. The minimum atomic E-state index is -0.812. The van der Waals surface area contributed by atoms with Crippen molar-refractivity contribution in [3.05, 3.63) is 87.5 Å². The lowest BCUT2D eigenvalue weighted by Gasteiger charge is -2.25. The summed E-state index contributed by atoms with van der Waals surface area (Å²) in [4.78, 5) is 32.0. The molecule has 0 fully saturated rings. The standard InChI is InChI=1S/C27H25Cl3N2O5S/c1-6-36-26(34)22-14(4)31-27-32(24(22)15-7-8-19(37-13(2)3)20(10-15)35-5)25(33)21(38-27)11-16-9-17(28)12-18(29)23(16)30/h7-13,24H,6H2,1-5H3/b21-11-/t24-/m1/s1. The predicted octanol–water partition coefficient (Wildman–Crippen LogP) is 5.55. The van der Waals surface area contributed by atoms with E-state index in [2.05, 4.69) is 4.99 Å². The van der Waals surface area contributed by atoms with Crippen LogP contribution < -0.4 is 24.4 Å². The number of fused-ring (bicyclic) bond motifs is 1. The van der Waals surface area contributed by atoms with Crippen LogP contribution in [-0.4, -0.2) is 30.4 Å². The van der Waals surface area contributed by atoms with Gasteiger partial charge >= 0.3 is 5.97 Å². The Morgan fingerprint density at radius 1 is 1.18 bits per heavy atom. The fourth-order valence-corrected chi connectivity index (χ4v) is 5.84. The molecule has 3 aromatic rings. The Bertz CT molecular complexity index is 1620. The van der Waals surface area contributed by atoms with Gasteiger partial charge in [0, 0.05) is 5.02 Å². The van der Waals surface area contributed by atoms with E-state index < -0.39 is 12.0 Å². The van der Waals surface area contributed by atoms with Crippen LogP contribution in [0.15, 0.2) is 51.4 Å². The second-order valence-electron chi connectivity index (χ2n) is 8.67. The van der Waals surface area contributed by atoms with Gasteiger partial charge in [-0.1, -0.05) is 52.2 Å². The molecule has 0 aliphatic carbocycles. The number of esters is 1. The summed E-state index contributed by atoms with van der Waals surface area (Å²) in [6.45, 7) is 7.44. The normalized spacial score (nSPS) is 15.4. The van der Waals surface area contributed by atoms with E-state index in [9.17, 15) is 9.59 Å². The van der Waals surface area contributed by atoms with Gasteiger partial charge in [0.2, 0.25) is 0 Å². The molecule has 0 N–H and O–H groups in total. The Morgan fingerprint density at radius 3 is 2.58 bits per heavy atom. The van der Waals surface area contributed by atoms with Crippen LogP contribution in [0.1, 0.15) is 44.9 Å². The van der Waals surface area contributed by atoms with Crippen LogP contribution in [0.3, 0.4) is 0 Å². The molecular weight excluding hydrogens is 571 g/mol. The van der Waals surface area contributed by atoms with Gasteiger partial charge in [-0.2, -0.15) is 0 Å². The third-order valence-corrected chi connectivity index (χ3v) is 7.71. The first-order valence-corrected chi connectivity index (χ1v) is 13.7. The molecule has 11 heteroatoms. The van der Waals surface area contributed by atoms with E-state index in [4.69, 9.17) is 49.0 Å². The van der Waals surface area contributed by atoms with E-state index in [0.29, 0.717) is 42.7 Å². The average molecular weight is 596 g/mol. The van der Waals surface area contributed by atoms with E-state index in [0.717, 1.165) is 0 Å². The zero-order valence-electron chi connectivity index (χ0n) is 21.3. The van der Waals surface area contributed by atoms with Gasteiger partial charge in [-0.25, -0.2) is 9.79 Å². The number of allylic oxidation sites excluding steroid dienone is 1. The number of methoxy groups -OCH3 is 1. The highest BCUT2D eigenvalue weighted by molar-refractivity contribution is 7.07. The number of ether oxygens (including phenoxy) is 3. The van der Waals surface area contributed by atoms with Gasteiger partial charge < -0.3 is 14.2 Å². The molecule has 4 rings (SSSR count). The number of hydrogen-bond acceptors (Lipinski definition) is 7. The van der Waals surface area contributed by atoms with Gasteiger partial charge in [-0.05, 0) is 69.2 Å². The van der Waals surface area contributed by atoms with Crippen molar-refractivity contribution in [1.29, 1.82) is 0 Å². The number of thiazole rings is 1. The summed E-state index contributed by atoms with van der Waals surface area (Å²) in [5.74, 6) is 0.459. The highest BCUT2D eigenvalue weighted by atomic mass is 35.5. The molecule has 0 saturated heterocycles. The number of carbonyl (C=O) groups is 1. The zero-order chi connectivity index (χ0) is 27.7. The molecule has 1 aliphatic heterocycles. The maximum atomic E-state index is 13.8. The first kappa shape index (κ1) is 28.2. The van der Waals surface area contributed by atoms with E-state index in [1.54, 1.807) is 44.2 Å². The van der Waals surface area contributed by atoms with Crippen LogP contribution in [-0.2, 0) is 9.53 Å². The summed E-state index contributed by atoms with van der Waals surface area (Å²) in [6.07, 6.45) is 1.54. The van der Waals surface area contributed by atoms with Crippen molar-refractivity contribution in [2.75, 3.05) is 13.7 Å². The van der Waals surface area contributed by atoms with Crippen molar-refractivity contribution < 1.29 is 19.0 Å². The van der Waals surface area contributed by atoms with Crippen molar-refractivity contribution in [1.82, 2.24) is 4.57 Å². The highest BCUT2D eigenvalue weighted by Gasteiger charge is 2.34. The molecule has 2 aromatic carbocycles. The Hall–Kier alpha value is -2.78. The minimum absolute atomic E-state index is 0.0727. The van der Waals surface area contributed by atoms with Crippen LogP contribution in [0, 0.1) is 0 Å². The number of halogens is 3. The third-order valence-electron chi connectivity index (χ3n) is 5.69. The van der Waals surface area contributed by atoms with E-state index >= 15 is 0 Å². The second-order valence-corrected chi connectivity index (χ2v) is 10.9. The fraction of sp³-hybridized carbons (Fsp3) is 0.296. The highest BCUT2D eigenvalue weighted by Crippen LogP contribution is 2.36. The van der Waals surface area contributed by atoms with Gasteiger partial charge in [0.15, 0.2) is 16.3 Å². The maximum Gasteiger partial charge on any atom is 0.338 e. The molecule has 0 radical (unpaired) electrons. The molecular formula is C27H25Cl3N2O5S. The molecule has 200 valence electrons. The lowest BCUT2D eigenvalue weighted by molar-refractivity contribution is -0.139. The zero-order valence-corrected chi connectivity index (χ0v) is 24.4. The summed E-state index contributed by atoms with van der Waals surface area (Å²) in [5.41, 5.74) is 1.47. The Kier molecular flexibility index (Phi) is 8.57. The summed E-state index contributed by atoms with van der Waals surface area (Å²) in [5, 5.41) is 0.923. The number of nitrogens with zero attached hydrogens (tertiary/aromatic N) is 2. The van der Waals surface area contributed by atoms with E-state index in [-0.39, 0.29) is 33.9 Å². The lowest BCUT2D eigenvalue weighted by atomic mass is 9.95. The molecule has 0 unspecified atom stereocenters. The van der Waals surface area contributed by atoms with Crippen molar-refractivity contribution in [3.8, 4) is 11.5 Å². The van der Waals surface area contributed by atoms with E-state index in [1.807, 2.05) is 13.8 Å². The second kappa shape index (κ2) is 11.5. The van der Waals surface area contributed by atoms with E-state index in [1.165, 1.54) is 29.1 Å². The largest absolute Gasteiger partial charge is 0.493 e. The smallest absolute Gasteiger partial charge is 0.338 e. The molecule has 38 heavy (non-hydrogen) atoms. The van der Waals surface area contributed by atoms with Crippen molar-refractivity contribution in [2.45, 2.75) is 39.8 Å². The first-order valence-electron chi connectivity index (χ1n) is 11.7. The van der Waals surface area contributed by atoms with Crippen molar-refractivity contribution in [2.24, 2.45) is 4.99 Å². The Balaban J connectivity index is 1.97. The van der Waals surface area contributed by atoms with Crippen molar-refractivity contribution in [3.63, 3.8) is 0 Å². The maximum absolute atomic E-state index is 13.8. The van der Waals surface area contributed by atoms with Crippen LogP contribution in [0.25, 0.3) is 6.08 Å². The number of benzene rings is 2. The fourth-order valence-electron chi connectivity index (χ4n) is 4.13. The molecule has 0 bridgehead atoms. The Labute approximate surface area is 238 Å². The van der Waals surface area contributed by atoms with Crippen molar-refractivity contribution >= 4 is 58.2 Å². The molecule has 0 saturated carbocycles. The molecule has 0 amide bonds.